The van der Waals surface area contributed by atoms with Crippen molar-refractivity contribution in [1.82, 2.24) is 9.78 Å². The number of rotatable bonds is 1. The smallest absolute Gasteiger partial charge is 0.0911 e. The van der Waals surface area contributed by atoms with Crippen LogP contribution in [0.25, 0.3) is 10.9 Å². The summed E-state index contributed by atoms with van der Waals surface area (Å²) in [5.41, 5.74) is 14.0. The molecule has 0 amide bonds. The van der Waals surface area contributed by atoms with Crippen LogP contribution in [-0.4, -0.2) is 9.78 Å². The highest BCUT2D eigenvalue weighted by molar-refractivity contribution is 5.91. The number of nitrogen functional groups attached to an aromatic ring is 1. The third-order valence-electron chi connectivity index (χ3n) is 2.17. The number of nitrogens with two attached hydrogens (primary N) is 2. The van der Waals surface area contributed by atoms with E-state index in [1.165, 1.54) is 0 Å². The van der Waals surface area contributed by atoms with Crippen LogP contribution < -0.4 is 11.5 Å². The molecule has 13 heavy (non-hydrogen) atoms. The van der Waals surface area contributed by atoms with Crippen molar-refractivity contribution < 1.29 is 0 Å². The van der Waals surface area contributed by atoms with Gasteiger partial charge in [-0.2, -0.15) is 5.10 Å². The Kier molecular flexibility index (Phi) is 1.70. The van der Waals surface area contributed by atoms with E-state index in [0.717, 1.165) is 22.3 Å². The molecule has 68 valence electrons. The molecular formula is C9H12N4. The van der Waals surface area contributed by atoms with Gasteiger partial charge in [0.15, 0.2) is 0 Å². The average molecular weight is 176 g/mol. The molecule has 0 fully saturated rings. The van der Waals surface area contributed by atoms with E-state index in [-0.39, 0.29) is 0 Å². The number of hydrogen-bond acceptors (Lipinski definition) is 3. The maximum atomic E-state index is 5.82. The van der Waals surface area contributed by atoms with Gasteiger partial charge in [-0.1, -0.05) is 12.1 Å². The molecule has 1 heterocycles. The fourth-order valence-corrected chi connectivity index (χ4v) is 1.59. The normalized spacial score (nSPS) is 10.9. The molecule has 0 saturated carbocycles. The SMILES string of the molecule is Cn1nc(CN)c2cccc(N)c21. The van der Waals surface area contributed by atoms with Gasteiger partial charge in [-0.15, -0.1) is 0 Å². The summed E-state index contributed by atoms with van der Waals surface area (Å²) in [5, 5.41) is 5.33. The van der Waals surface area contributed by atoms with Crippen LogP contribution in [0.5, 0.6) is 0 Å². The minimum atomic E-state index is 0.445. The van der Waals surface area contributed by atoms with Crippen LogP contribution in [0, 0.1) is 0 Å². The lowest BCUT2D eigenvalue weighted by Crippen LogP contribution is -1.98. The van der Waals surface area contributed by atoms with Crippen molar-refractivity contribution in [3.63, 3.8) is 0 Å². The second-order valence-corrected chi connectivity index (χ2v) is 3.02. The maximum Gasteiger partial charge on any atom is 0.0911 e. The summed E-state index contributed by atoms with van der Waals surface area (Å²) < 4.78 is 1.77. The fraction of sp³-hybridized carbons (Fsp3) is 0.222. The van der Waals surface area contributed by atoms with Gasteiger partial charge in [0.05, 0.1) is 16.9 Å². The predicted octanol–water partition coefficient (Wildman–Crippen LogP) is 0.614. The first-order valence-electron chi connectivity index (χ1n) is 4.14. The summed E-state index contributed by atoms with van der Waals surface area (Å²) in [6, 6.07) is 5.77. The van der Waals surface area contributed by atoms with E-state index in [1.807, 2.05) is 25.2 Å². The van der Waals surface area contributed by atoms with Gasteiger partial charge in [-0.25, -0.2) is 0 Å². The monoisotopic (exact) mass is 176 g/mol. The lowest BCUT2D eigenvalue weighted by Gasteiger charge is -1.97. The zero-order valence-electron chi connectivity index (χ0n) is 7.49. The van der Waals surface area contributed by atoms with Crippen molar-refractivity contribution >= 4 is 16.6 Å². The van der Waals surface area contributed by atoms with Crippen LogP contribution in [-0.2, 0) is 13.6 Å². The second-order valence-electron chi connectivity index (χ2n) is 3.02. The zero-order chi connectivity index (χ0) is 9.42. The van der Waals surface area contributed by atoms with Crippen molar-refractivity contribution in [2.75, 3.05) is 5.73 Å². The Morgan fingerprint density at radius 3 is 2.92 bits per heavy atom. The molecule has 0 aliphatic rings. The van der Waals surface area contributed by atoms with Crippen LogP contribution in [0.15, 0.2) is 18.2 Å². The van der Waals surface area contributed by atoms with Gasteiger partial charge >= 0.3 is 0 Å². The first-order chi connectivity index (χ1) is 6.24. The molecule has 0 spiro atoms. The summed E-state index contributed by atoms with van der Waals surface area (Å²) >= 11 is 0. The first kappa shape index (κ1) is 8.07. The molecule has 0 saturated heterocycles. The molecule has 4 N–H and O–H groups in total. The van der Waals surface area contributed by atoms with Crippen molar-refractivity contribution in [2.45, 2.75) is 6.54 Å². The predicted molar refractivity (Wildman–Crippen MR) is 53.0 cm³/mol. The van der Waals surface area contributed by atoms with Crippen molar-refractivity contribution in [1.29, 1.82) is 0 Å². The van der Waals surface area contributed by atoms with Gasteiger partial charge in [-0.3, -0.25) is 4.68 Å². The zero-order valence-corrected chi connectivity index (χ0v) is 7.49. The molecule has 0 atom stereocenters. The molecule has 4 heteroatoms. The number of nitrogens with zero attached hydrogens (tertiary/aromatic N) is 2. The summed E-state index contributed by atoms with van der Waals surface area (Å²) in [5.74, 6) is 0. The number of aromatic nitrogens is 2. The first-order valence-corrected chi connectivity index (χ1v) is 4.14. The lowest BCUT2D eigenvalue weighted by atomic mass is 10.2. The van der Waals surface area contributed by atoms with Gasteiger partial charge < -0.3 is 11.5 Å². The quantitative estimate of drug-likeness (QED) is 0.625. The highest BCUT2D eigenvalue weighted by Gasteiger charge is 2.08. The standard InChI is InChI=1S/C9H12N4/c1-13-9-6(8(5-10)12-13)3-2-4-7(9)11/h2-4H,5,10-11H2,1H3. The van der Waals surface area contributed by atoms with Crippen LogP contribution in [0.1, 0.15) is 5.69 Å². The minimum Gasteiger partial charge on any atom is -0.397 e. The molecule has 4 nitrogen and oxygen atoms in total. The largest absolute Gasteiger partial charge is 0.397 e. The summed E-state index contributed by atoms with van der Waals surface area (Å²) in [6.07, 6.45) is 0. The van der Waals surface area contributed by atoms with E-state index >= 15 is 0 Å². The summed E-state index contributed by atoms with van der Waals surface area (Å²) in [7, 11) is 1.87. The van der Waals surface area contributed by atoms with E-state index < -0.39 is 0 Å². The van der Waals surface area contributed by atoms with Crippen LogP contribution in [0.3, 0.4) is 0 Å². The Balaban J connectivity index is 2.87. The topological polar surface area (TPSA) is 69.9 Å². The molecule has 2 aromatic rings. The Labute approximate surface area is 76.1 Å². The maximum absolute atomic E-state index is 5.82. The molecule has 0 aliphatic carbocycles. The van der Waals surface area contributed by atoms with E-state index in [0.29, 0.717) is 6.54 Å². The number of hydrogen-bond donors (Lipinski definition) is 2. The summed E-state index contributed by atoms with van der Waals surface area (Å²) in [6.45, 7) is 0.445. The number of aryl methyl sites for hydroxylation is 1. The van der Waals surface area contributed by atoms with Gasteiger partial charge in [0.1, 0.15) is 0 Å². The second kappa shape index (κ2) is 2.74. The van der Waals surface area contributed by atoms with Crippen molar-refractivity contribution in [3.05, 3.63) is 23.9 Å². The van der Waals surface area contributed by atoms with Gasteiger partial charge in [-0.05, 0) is 6.07 Å². The van der Waals surface area contributed by atoms with E-state index in [9.17, 15) is 0 Å². The van der Waals surface area contributed by atoms with Gasteiger partial charge in [0.25, 0.3) is 0 Å². The van der Waals surface area contributed by atoms with E-state index in [2.05, 4.69) is 5.10 Å². The van der Waals surface area contributed by atoms with Crippen LogP contribution >= 0.6 is 0 Å². The third kappa shape index (κ3) is 1.07. The Morgan fingerprint density at radius 1 is 1.46 bits per heavy atom. The average Bonchev–Trinajstić information content (AvgIpc) is 2.44. The Hall–Kier alpha value is -1.55. The van der Waals surface area contributed by atoms with Gasteiger partial charge in [0.2, 0.25) is 0 Å². The Morgan fingerprint density at radius 2 is 2.23 bits per heavy atom. The number of fused-ring (bicyclic) bond motifs is 1. The fourth-order valence-electron chi connectivity index (χ4n) is 1.59. The molecular weight excluding hydrogens is 164 g/mol. The van der Waals surface area contributed by atoms with Crippen LogP contribution in [0.2, 0.25) is 0 Å². The minimum absolute atomic E-state index is 0.445. The number of para-hydroxylation sites is 1. The van der Waals surface area contributed by atoms with E-state index in [1.54, 1.807) is 4.68 Å². The van der Waals surface area contributed by atoms with E-state index in [4.69, 9.17) is 11.5 Å². The molecule has 0 unspecified atom stereocenters. The molecule has 0 bridgehead atoms. The molecule has 0 aliphatic heterocycles. The highest BCUT2D eigenvalue weighted by Crippen LogP contribution is 2.22. The van der Waals surface area contributed by atoms with Crippen molar-refractivity contribution in [3.8, 4) is 0 Å². The molecule has 1 aromatic heterocycles. The third-order valence-corrected chi connectivity index (χ3v) is 2.17. The highest BCUT2D eigenvalue weighted by atomic mass is 15.3. The van der Waals surface area contributed by atoms with Gasteiger partial charge in [0, 0.05) is 19.0 Å². The number of benzene rings is 1. The molecule has 0 radical (unpaired) electrons. The Bertz CT molecular complexity index is 444. The lowest BCUT2D eigenvalue weighted by molar-refractivity contribution is 0.766. The van der Waals surface area contributed by atoms with Crippen LogP contribution in [0.4, 0.5) is 5.69 Å². The number of anilines is 1. The molecule has 2 rings (SSSR count). The summed E-state index contributed by atoms with van der Waals surface area (Å²) in [4.78, 5) is 0. The molecule has 1 aromatic carbocycles. The van der Waals surface area contributed by atoms with Crippen molar-refractivity contribution in [2.24, 2.45) is 12.8 Å².